The lowest BCUT2D eigenvalue weighted by atomic mass is 9.91. The molecule has 0 aliphatic carbocycles. The maximum atomic E-state index is 12.3. The molecule has 0 radical (unpaired) electrons. The second kappa shape index (κ2) is 9.54. The molecule has 0 fully saturated rings. The highest BCUT2D eigenvalue weighted by Crippen LogP contribution is 2.29. The molecule has 2 aromatic carbocycles. The van der Waals surface area contributed by atoms with E-state index in [2.05, 4.69) is 4.98 Å². The van der Waals surface area contributed by atoms with Crippen LogP contribution in [0.4, 0.5) is 0 Å². The standard InChI is InChI=1S/C24H24ClNO4S/c1-24(2,3)21(27)13-22-26-23(28)20(31-22)12-15-9-10-18(19(11-15)29-4)30-14-16-7-5-6-8-17(16)25/h5-13H,14H2,1-4H3,(H,26,28). The van der Waals surface area contributed by atoms with Crippen molar-refractivity contribution in [3.8, 4) is 11.5 Å². The minimum absolute atomic E-state index is 0.0433. The molecule has 0 unspecified atom stereocenters. The second-order valence-electron chi connectivity index (χ2n) is 7.98. The molecular weight excluding hydrogens is 434 g/mol. The van der Waals surface area contributed by atoms with Crippen molar-refractivity contribution in [3.63, 3.8) is 0 Å². The molecule has 0 amide bonds. The molecule has 5 nitrogen and oxygen atoms in total. The number of hydrogen-bond donors (Lipinski definition) is 1. The van der Waals surface area contributed by atoms with Crippen molar-refractivity contribution in [1.82, 2.24) is 4.98 Å². The highest BCUT2D eigenvalue weighted by molar-refractivity contribution is 7.07. The number of hydrogen-bond acceptors (Lipinski definition) is 5. The Labute approximate surface area is 189 Å². The fourth-order valence-corrected chi connectivity index (χ4v) is 3.75. The highest BCUT2D eigenvalue weighted by Gasteiger charge is 2.18. The number of halogens is 1. The van der Waals surface area contributed by atoms with E-state index in [4.69, 9.17) is 21.1 Å². The number of aromatic nitrogens is 1. The van der Waals surface area contributed by atoms with E-state index in [0.717, 1.165) is 11.1 Å². The number of carbonyl (C=O) groups excluding carboxylic acids is 1. The summed E-state index contributed by atoms with van der Waals surface area (Å²) in [5.74, 6) is 1.08. The van der Waals surface area contributed by atoms with Gasteiger partial charge in [0.05, 0.1) is 16.3 Å². The van der Waals surface area contributed by atoms with Gasteiger partial charge in [0.15, 0.2) is 17.3 Å². The minimum atomic E-state index is -0.502. The zero-order valence-corrected chi connectivity index (χ0v) is 19.4. The van der Waals surface area contributed by atoms with Crippen LogP contribution in [0.3, 0.4) is 0 Å². The first-order chi connectivity index (χ1) is 14.7. The van der Waals surface area contributed by atoms with E-state index in [0.29, 0.717) is 32.3 Å². The van der Waals surface area contributed by atoms with Crippen molar-refractivity contribution >= 4 is 40.9 Å². The monoisotopic (exact) mass is 457 g/mol. The number of benzene rings is 2. The van der Waals surface area contributed by atoms with E-state index in [1.807, 2.05) is 51.1 Å². The quantitative estimate of drug-likeness (QED) is 0.609. The molecule has 1 aromatic heterocycles. The van der Waals surface area contributed by atoms with Crippen LogP contribution in [-0.4, -0.2) is 17.9 Å². The van der Waals surface area contributed by atoms with E-state index >= 15 is 0 Å². The van der Waals surface area contributed by atoms with Gasteiger partial charge < -0.3 is 14.5 Å². The zero-order chi connectivity index (χ0) is 22.6. The third-order valence-corrected chi connectivity index (χ3v) is 5.84. The van der Waals surface area contributed by atoms with E-state index in [1.54, 1.807) is 25.3 Å². The maximum Gasteiger partial charge on any atom is 0.266 e. The van der Waals surface area contributed by atoms with Gasteiger partial charge in [0.25, 0.3) is 5.56 Å². The first-order valence-electron chi connectivity index (χ1n) is 9.68. The van der Waals surface area contributed by atoms with E-state index in [1.165, 1.54) is 17.4 Å². The number of H-pyrrole nitrogens is 1. The number of Topliss-reactive ketones (excluding diaryl/α,β-unsaturated/α-hetero) is 1. The molecule has 1 heterocycles. The number of carbonyl (C=O) groups is 1. The Morgan fingerprint density at radius 3 is 2.58 bits per heavy atom. The van der Waals surface area contributed by atoms with Crippen molar-refractivity contribution < 1.29 is 14.3 Å². The van der Waals surface area contributed by atoms with Gasteiger partial charge in [-0.25, -0.2) is 0 Å². The molecule has 31 heavy (non-hydrogen) atoms. The van der Waals surface area contributed by atoms with Gasteiger partial charge in [-0.3, -0.25) is 9.59 Å². The Morgan fingerprint density at radius 2 is 1.90 bits per heavy atom. The Bertz CT molecular complexity index is 1270. The topological polar surface area (TPSA) is 68.4 Å². The molecular formula is C24H24ClNO4S. The van der Waals surface area contributed by atoms with Crippen molar-refractivity contribution in [2.75, 3.05) is 7.11 Å². The molecule has 0 aliphatic heterocycles. The van der Waals surface area contributed by atoms with Gasteiger partial charge in [0.1, 0.15) is 6.61 Å². The summed E-state index contributed by atoms with van der Waals surface area (Å²) < 4.78 is 12.4. The first-order valence-corrected chi connectivity index (χ1v) is 10.9. The van der Waals surface area contributed by atoms with Crippen LogP contribution in [0.25, 0.3) is 12.2 Å². The van der Waals surface area contributed by atoms with E-state index in [9.17, 15) is 9.59 Å². The third-order valence-electron chi connectivity index (χ3n) is 4.51. The molecule has 0 bridgehead atoms. The van der Waals surface area contributed by atoms with Crippen LogP contribution in [-0.2, 0) is 11.4 Å². The van der Waals surface area contributed by atoms with Gasteiger partial charge in [-0.15, -0.1) is 11.3 Å². The number of nitrogens with one attached hydrogen (secondary N) is 1. The van der Waals surface area contributed by atoms with Crippen molar-refractivity contribution in [3.05, 3.63) is 78.2 Å². The van der Waals surface area contributed by atoms with Crippen LogP contribution in [0.2, 0.25) is 5.02 Å². The van der Waals surface area contributed by atoms with Crippen molar-refractivity contribution in [2.24, 2.45) is 5.41 Å². The van der Waals surface area contributed by atoms with Gasteiger partial charge in [-0.05, 0) is 29.8 Å². The summed E-state index contributed by atoms with van der Waals surface area (Å²) >= 11 is 7.42. The van der Waals surface area contributed by atoms with Crippen LogP contribution >= 0.6 is 22.9 Å². The predicted octanol–water partition coefficient (Wildman–Crippen LogP) is 3.90. The largest absolute Gasteiger partial charge is 0.493 e. The Hall–Kier alpha value is -2.83. The average molecular weight is 458 g/mol. The van der Waals surface area contributed by atoms with Crippen molar-refractivity contribution in [2.45, 2.75) is 27.4 Å². The van der Waals surface area contributed by atoms with Crippen LogP contribution in [0, 0.1) is 5.41 Å². The fourth-order valence-electron chi connectivity index (χ4n) is 2.68. The second-order valence-corrected chi connectivity index (χ2v) is 9.47. The highest BCUT2D eigenvalue weighted by atomic mass is 35.5. The lowest BCUT2D eigenvalue weighted by molar-refractivity contribution is -0.119. The summed E-state index contributed by atoms with van der Waals surface area (Å²) in [6.45, 7) is 5.83. The zero-order valence-electron chi connectivity index (χ0n) is 17.8. The molecule has 0 spiro atoms. The molecule has 0 aliphatic rings. The molecule has 7 heteroatoms. The lowest BCUT2D eigenvalue weighted by Crippen LogP contribution is -2.22. The van der Waals surface area contributed by atoms with Crippen LogP contribution in [0.1, 0.15) is 31.9 Å². The lowest BCUT2D eigenvalue weighted by Gasteiger charge is -2.12. The molecule has 1 N–H and O–H groups in total. The summed E-state index contributed by atoms with van der Waals surface area (Å²) in [6.07, 6.45) is 3.23. The summed E-state index contributed by atoms with van der Waals surface area (Å²) in [7, 11) is 1.56. The number of methoxy groups -OCH3 is 1. The summed E-state index contributed by atoms with van der Waals surface area (Å²) in [4.78, 5) is 27.2. The molecule has 162 valence electrons. The number of thiazole rings is 1. The van der Waals surface area contributed by atoms with Crippen LogP contribution < -0.4 is 24.2 Å². The summed E-state index contributed by atoms with van der Waals surface area (Å²) in [6, 6.07) is 12.9. The molecule has 0 saturated carbocycles. The van der Waals surface area contributed by atoms with Gasteiger partial charge in [-0.2, -0.15) is 0 Å². The third kappa shape index (κ3) is 5.87. The molecule has 0 saturated heterocycles. The van der Waals surface area contributed by atoms with Gasteiger partial charge >= 0.3 is 0 Å². The first kappa shape index (κ1) is 22.8. The van der Waals surface area contributed by atoms with E-state index in [-0.39, 0.29) is 11.3 Å². The summed E-state index contributed by atoms with van der Waals surface area (Å²) in [5, 5.41) is 0.640. The maximum absolute atomic E-state index is 12.3. The smallest absolute Gasteiger partial charge is 0.266 e. The normalized spacial score (nSPS) is 12.8. The van der Waals surface area contributed by atoms with E-state index < -0.39 is 5.41 Å². The van der Waals surface area contributed by atoms with Crippen molar-refractivity contribution in [1.29, 1.82) is 0 Å². The van der Waals surface area contributed by atoms with Gasteiger partial charge in [0, 0.05) is 22.1 Å². The Balaban J connectivity index is 1.87. The molecule has 0 atom stereocenters. The minimum Gasteiger partial charge on any atom is -0.493 e. The SMILES string of the molecule is COc1cc(C=c2sc(=CC(=O)C(C)(C)C)[nH]c2=O)ccc1OCc1ccccc1Cl. The Morgan fingerprint density at radius 1 is 1.16 bits per heavy atom. The van der Waals surface area contributed by atoms with Gasteiger partial charge in [-0.1, -0.05) is 56.6 Å². The Kier molecular flexibility index (Phi) is 7.03. The number of ketones is 1. The average Bonchev–Trinajstić information content (AvgIpc) is 3.05. The van der Waals surface area contributed by atoms with Crippen LogP contribution in [0.15, 0.2) is 47.3 Å². The molecule has 3 aromatic rings. The predicted molar refractivity (Wildman–Crippen MR) is 125 cm³/mol. The summed E-state index contributed by atoms with van der Waals surface area (Å²) in [5.41, 5.74) is 0.914. The van der Waals surface area contributed by atoms with Gasteiger partial charge in [0.2, 0.25) is 0 Å². The number of rotatable bonds is 6. The number of aromatic amines is 1. The fraction of sp³-hybridized carbons (Fsp3) is 0.250. The number of ether oxygens (including phenoxy) is 2. The molecule has 3 rings (SSSR count). The van der Waals surface area contributed by atoms with Crippen LogP contribution in [0.5, 0.6) is 11.5 Å².